The van der Waals surface area contributed by atoms with Gasteiger partial charge in [0.1, 0.15) is 5.75 Å². The maximum Gasteiger partial charge on any atom is 0.311 e. The van der Waals surface area contributed by atoms with Crippen molar-refractivity contribution in [2.75, 3.05) is 20.7 Å². The van der Waals surface area contributed by atoms with E-state index in [0.29, 0.717) is 12.4 Å². The molecule has 0 aliphatic rings. The Labute approximate surface area is 145 Å². The fourth-order valence-corrected chi connectivity index (χ4v) is 2.27. The van der Waals surface area contributed by atoms with Crippen LogP contribution in [0.3, 0.4) is 0 Å². The monoisotopic (exact) mass is 338 g/mol. The topological polar surface area (TPSA) is 81.4 Å². The highest BCUT2D eigenvalue weighted by atomic mass is 16.5. The summed E-state index contributed by atoms with van der Waals surface area (Å²) >= 11 is 0. The van der Waals surface area contributed by atoms with Crippen molar-refractivity contribution >= 4 is 5.91 Å². The van der Waals surface area contributed by atoms with Crippen LogP contribution < -0.4 is 4.74 Å². The van der Waals surface area contributed by atoms with Crippen LogP contribution in [-0.2, 0) is 6.42 Å². The van der Waals surface area contributed by atoms with E-state index in [1.807, 2.05) is 12.1 Å². The molecule has 0 fully saturated rings. The van der Waals surface area contributed by atoms with Gasteiger partial charge >= 0.3 is 11.8 Å². The molecule has 7 nitrogen and oxygen atoms in total. The van der Waals surface area contributed by atoms with Crippen molar-refractivity contribution in [2.24, 2.45) is 0 Å². The minimum Gasteiger partial charge on any atom is -0.497 e. The molecule has 3 rings (SSSR count). The molecule has 25 heavy (non-hydrogen) atoms. The Bertz CT molecular complexity index is 831. The summed E-state index contributed by atoms with van der Waals surface area (Å²) in [7, 11) is 3.31. The lowest BCUT2D eigenvalue weighted by molar-refractivity contribution is 0.0758. The Balaban J connectivity index is 1.65. The number of carbonyl (C=O) groups excluding carboxylic acids is 1. The minimum atomic E-state index is -0.304. The molecule has 0 radical (unpaired) electrons. The maximum absolute atomic E-state index is 12.4. The summed E-state index contributed by atoms with van der Waals surface area (Å²) in [5.41, 5.74) is 1.84. The van der Waals surface area contributed by atoms with Crippen molar-refractivity contribution in [1.29, 1.82) is 0 Å². The first-order valence-corrected chi connectivity index (χ1v) is 7.79. The second-order valence-corrected chi connectivity index (χ2v) is 5.47. The lowest BCUT2D eigenvalue weighted by Gasteiger charge is -2.14. The standard InChI is InChI=1S/C18H18N4O3/c1-22(12-9-13-7-10-19-11-8-13)18(23)17-21-20-16(25-17)14-3-5-15(24-2)6-4-14/h3-8,10-11H,9,12H2,1-2H3. The number of methoxy groups -OCH3 is 1. The van der Waals surface area contributed by atoms with Crippen LogP contribution >= 0.6 is 0 Å². The molecule has 1 aromatic carbocycles. The number of nitrogens with zero attached hydrogens (tertiary/aromatic N) is 4. The van der Waals surface area contributed by atoms with E-state index in [-0.39, 0.29) is 11.8 Å². The van der Waals surface area contributed by atoms with E-state index in [1.54, 1.807) is 55.7 Å². The quantitative estimate of drug-likeness (QED) is 0.687. The van der Waals surface area contributed by atoms with Crippen molar-refractivity contribution in [1.82, 2.24) is 20.1 Å². The van der Waals surface area contributed by atoms with Crippen LogP contribution in [0.1, 0.15) is 16.2 Å². The molecule has 1 amide bonds. The fourth-order valence-electron chi connectivity index (χ4n) is 2.27. The third kappa shape index (κ3) is 4.00. The highest BCUT2D eigenvalue weighted by Crippen LogP contribution is 2.21. The summed E-state index contributed by atoms with van der Waals surface area (Å²) in [5, 5.41) is 7.81. The van der Waals surface area contributed by atoms with E-state index >= 15 is 0 Å². The Hall–Kier alpha value is -3.22. The van der Waals surface area contributed by atoms with Crippen molar-refractivity contribution < 1.29 is 13.9 Å². The Morgan fingerprint density at radius 3 is 2.52 bits per heavy atom. The van der Waals surface area contributed by atoms with Crippen molar-refractivity contribution in [3.63, 3.8) is 0 Å². The third-order valence-corrected chi connectivity index (χ3v) is 3.78. The number of benzene rings is 1. The zero-order valence-electron chi connectivity index (χ0n) is 14.0. The Kier molecular flexibility index (Phi) is 5.03. The highest BCUT2D eigenvalue weighted by Gasteiger charge is 2.19. The van der Waals surface area contributed by atoms with Gasteiger partial charge in [0, 0.05) is 31.5 Å². The van der Waals surface area contributed by atoms with Gasteiger partial charge in [-0.3, -0.25) is 9.78 Å². The van der Waals surface area contributed by atoms with Crippen LogP contribution in [0.2, 0.25) is 0 Å². The summed E-state index contributed by atoms with van der Waals surface area (Å²) < 4.78 is 10.6. The molecule has 7 heteroatoms. The maximum atomic E-state index is 12.4. The van der Waals surface area contributed by atoms with Gasteiger partial charge in [0.2, 0.25) is 5.89 Å². The number of hydrogen-bond acceptors (Lipinski definition) is 6. The van der Waals surface area contributed by atoms with Crippen LogP contribution in [-0.4, -0.2) is 46.7 Å². The van der Waals surface area contributed by atoms with Crippen molar-refractivity contribution in [3.05, 3.63) is 60.2 Å². The van der Waals surface area contributed by atoms with Crippen LogP contribution in [0, 0.1) is 0 Å². The lowest BCUT2D eigenvalue weighted by atomic mass is 10.2. The van der Waals surface area contributed by atoms with Gasteiger partial charge in [0.15, 0.2) is 0 Å². The molecular weight excluding hydrogens is 320 g/mol. The van der Waals surface area contributed by atoms with E-state index in [2.05, 4.69) is 15.2 Å². The average molecular weight is 338 g/mol. The number of rotatable bonds is 6. The zero-order chi connectivity index (χ0) is 17.6. The average Bonchev–Trinajstić information content (AvgIpc) is 3.16. The molecule has 0 aliphatic heterocycles. The van der Waals surface area contributed by atoms with Gasteiger partial charge in [-0.25, -0.2) is 0 Å². The zero-order valence-corrected chi connectivity index (χ0v) is 14.0. The first kappa shape index (κ1) is 16.6. The van der Waals surface area contributed by atoms with Crippen LogP contribution in [0.5, 0.6) is 5.75 Å². The molecule has 3 aromatic rings. The van der Waals surface area contributed by atoms with Crippen molar-refractivity contribution in [2.45, 2.75) is 6.42 Å². The summed E-state index contributed by atoms with van der Waals surface area (Å²) in [6, 6.07) is 11.0. The minimum absolute atomic E-state index is 0.0250. The molecule has 0 unspecified atom stereocenters. The summed E-state index contributed by atoms with van der Waals surface area (Å²) in [6.45, 7) is 0.545. The number of carbonyl (C=O) groups is 1. The number of ether oxygens (including phenoxy) is 1. The summed E-state index contributed by atoms with van der Waals surface area (Å²) in [5.74, 6) is 0.702. The molecule has 0 saturated heterocycles. The molecular formula is C18H18N4O3. The van der Waals surface area contributed by atoms with Gasteiger partial charge in [0.05, 0.1) is 7.11 Å². The predicted octanol–water partition coefficient (Wildman–Crippen LogP) is 2.45. The number of pyridine rings is 1. The smallest absolute Gasteiger partial charge is 0.311 e. The fraction of sp³-hybridized carbons (Fsp3) is 0.222. The summed E-state index contributed by atoms with van der Waals surface area (Å²) in [4.78, 5) is 17.9. The van der Waals surface area contributed by atoms with Crippen LogP contribution in [0.15, 0.2) is 53.2 Å². The first-order valence-electron chi connectivity index (χ1n) is 7.79. The van der Waals surface area contributed by atoms with Crippen LogP contribution in [0.25, 0.3) is 11.5 Å². The number of aromatic nitrogens is 3. The second-order valence-electron chi connectivity index (χ2n) is 5.47. The summed E-state index contributed by atoms with van der Waals surface area (Å²) in [6.07, 6.45) is 4.19. The van der Waals surface area contributed by atoms with Gasteiger partial charge in [-0.15, -0.1) is 10.2 Å². The number of hydrogen-bond donors (Lipinski definition) is 0. The van der Waals surface area contributed by atoms with E-state index in [1.165, 1.54) is 0 Å². The molecule has 128 valence electrons. The molecule has 2 aromatic heterocycles. The number of amides is 1. The van der Waals surface area contributed by atoms with Crippen LogP contribution in [0.4, 0.5) is 0 Å². The number of likely N-dealkylation sites (N-methyl/N-ethyl adjacent to an activating group) is 1. The third-order valence-electron chi connectivity index (χ3n) is 3.78. The SMILES string of the molecule is COc1ccc(-c2nnc(C(=O)N(C)CCc3ccncc3)o2)cc1. The van der Waals surface area contributed by atoms with E-state index < -0.39 is 0 Å². The van der Waals surface area contributed by atoms with Gasteiger partial charge in [0.25, 0.3) is 0 Å². The largest absolute Gasteiger partial charge is 0.497 e. The molecule has 0 N–H and O–H groups in total. The first-order chi connectivity index (χ1) is 12.2. The molecule has 0 atom stereocenters. The molecule has 0 bridgehead atoms. The molecule has 0 spiro atoms. The highest BCUT2D eigenvalue weighted by molar-refractivity contribution is 5.89. The van der Waals surface area contributed by atoms with E-state index in [0.717, 1.165) is 23.3 Å². The van der Waals surface area contributed by atoms with Gasteiger partial charge in [-0.2, -0.15) is 0 Å². The molecule has 0 aliphatic carbocycles. The van der Waals surface area contributed by atoms with Gasteiger partial charge in [-0.05, 0) is 48.4 Å². The normalized spacial score (nSPS) is 10.5. The second kappa shape index (κ2) is 7.57. The Morgan fingerprint density at radius 2 is 1.84 bits per heavy atom. The van der Waals surface area contributed by atoms with Gasteiger partial charge < -0.3 is 14.1 Å². The van der Waals surface area contributed by atoms with E-state index in [9.17, 15) is 4.79 Å². The molecule has 2 heterocycles. The van der Waals surface area contributed by atoms with E-state index in [4.69, 9.17) is 9.15 Å². The lowest BCUT2D eigenvalue weighted by Crippen LogP contribution is -2.29. The molecule has 0 saturated carbocycles. The Morgan fingerprint density at radius 1 is 1.12 bits per heavy atom. The van der Waals surface area contributed by atoms with Crippen molar-refractivity contribution in [3.8, 4) is 17.2 Å². The van der Waals surface area contributed by atoms with Gasteiger partial charge in [-0.1, -0.05) is 0 Å². The predicted molar refractivity (Wildman–Crippen MR) is 91.2 cm³/mol.